The van der Waals surface area contributed by atoms with Gasteiger partial charge in [0.25, 0.3) is 0 Å². The van der Waals surface area contributed by atoms with Crippen LogP contribution in [0.15, 0.2) is 24.3 Å². The summed E-state index contributed by atoms with van der Waals surface area (Å²) in [7, 11) is 2.16. The Hall–Kier alpha value is -1.26. The van der Waals surface area contributed by atoms with Crippen molar-refractivity contribution in [2.45, 2.75) is 43.9 Å². The van der Waals surface area contributed by atoms with Crippen molar-refractivity contribution in [3.8, 4) is 5.75 Å². The summed E-state index contributed by atoms with van der Waals surface area (Å²) in [5.74, 6) is -0.421. The Morgan fingerprint density at radius 1 is 1.25 bits per heavy atom. The molecule has 0 saturated carbocycles. The van der Waals surface area contributed by atoms with Gasteiger partial charge in [0.2, 0.25) is 0 Å². The molecule has 2 aliphatic heterocycles. The molecule has 1 N–H and O–H groups in total. The molecule has 0 radical (unpaired) electrons. The smallest absolute Gasteiger partial charge is 0.342 e. The Morgan fingerprint density at radius 2 is 1.85 bits per heavy atom. The van der Waals surface area contributed by atoms with Crippen molar-refractivity contribution in [1.82, 2.24) is 4.90 Å². The third-order valence-corrected chi connectivity index (χ3v) is 4.45. The van der Waals surface area contributed by atoms with Crippen LogP contribution in [0.5, 0.6) is 5.75 Å². The minimum atomic E-state index is -0.410. The van der Waals surface area contributed by atoms with E-state index in [4.69, 9.17) is 4.74 Å². The zero-order valence-corrected chi connectivity index (χ0v) is 12.3. The van der Waals surface area contributed by atoms with Gasteiger partial charge in [-0.15, -0.1) is 12.4 Å². The van der Waals surface area contributed by atoms with Crippen LogP contribution in [0.25, 0.3) is 0 Å². The predicted octanol–water partition coefficient (Wildman–Crippen LogP) is 2.60. The number of carbonyl (C=O) groups is 1. The highest BCUT2D eigenvalue weighted by Crippen LogP contribution is 2.35. The summed E-state index contributed by atoms with van der Waals surface area (Å²) >= 11 is 0. The second-order valence-corrected chi connectivity index (χ2v) is 5.57. The third-order valence-electron chi connectivity index (χ3n) is 4.45. The van der Waals surface area contributed by atoms with Gasteiger partial charge in [-0.05, 0) is 32.0 Å². The summed E-state index contributed by atoms with van der Waals surface area (Å²) in [6, 6.07) is 7.62. The summed E-state index contributed by atoms with van der Waals surface area (Å²) in [6.07, 6.45) is 4.21. The molecule has 3 rings (SSSR count). The molecule has 2 bridgehead atoms. The van der Waals surface area contributed by atoms with E-state index in [9.17, 15) is 9.90 Å². The van der Waals surface area contributed by atoms with Gasteiger partial charge >= 0.3 is 5.97 Å². The van der Waals surface area contributed by atoms with E-state index in [0.717, 1.165) is 12.8 Å². The maximum absolute atomic E-state index is 12.1. The zero-order valence-electron chi connectivity index (χ0n) is 11.5. The van der Waals surface area contributed by atoms with Crippen LogP contribution in [0.4, 0.5) is 0 Å². The van der Waals surface area contributed by atoms with Gasteiger partial charge in [0.15, 0.2) is 0 Å². The number of aromatic hydroxyl groups is 1. The molecule has 0 aromatic heterocycles. The van der Waals surface area contributed by atoms with E-state index in [-0.39, 0.29) is 29.8 Å². The molecule has 2 unspecified atom stereocenters. The molecule has 4 nitrogen and oxygen atoms in total. The normalized spacial score (nSPS) is 28.8. The van der Waals surface area contributed by atoms with Crippen LogP contribution in [-0.4, -0.2) is 41.2 Å². The number of hydrogen-bond acceptors (Lipinski definition) is 4. The summed E-state index contributed by atoms with van der Waals surface area (Å²) in [5.41, 5.74) is 0.258. The van der Waals surface area contributed by atoms with Crippen molar-refractivity contribution in [3.63, 3.8) is 0 Å². The van der Waals surface area contributed by atoms with Gasteiger partial charge in [-0.25, -0.2) is 4.79 Å². The molecular formula is C15H20ClNO3. The monoisotopic (exact) mass is 297 g/mol. The summed E-state index contributed by atoms with van der Waals surface area (Å²) in [6.45, 7) is 0. The zero-order chi connectivity index (χ0) is 13.4. The molecule has 5 heteroatoms. The highest BCUT2D eigenvalue weighted by molar-refractivity contribution is 5.92. The van der Waals surface area contributed by atoms with E-state index >= 15 is 0 Å². The lowest BCUT2D eigenvalue weighted by atomic mass is 10.0. The molecule has 2 fully saturated rings. The number of benzene rings is 1. The van der Waals surface area contributed by atoms with Gasteiger partial charge in [0.05, 0.1) is 0 Å². The Bertz CT molecular complexity index is 480. The number of ether oxygens (including phenoxy) is 1. The van der Waals surface area contributed by atoms with E-state index in [1.165, 1.54) is 18.9 Å². The van der Waals surface area contributed by atoms with Crippen LogP contribution < -0.4 is 0 Å². The molecule has 2 saturated heterocycles. The van der Waals surface area contributed by atoms with Crippen molar-refractivity contribution >= 4 is 18.4 Å². The number of phenols is 1. The van der Waals surface area contributed by atoms with Gasteiger partial charge in [0, 0.05) is 24.9 Å². The third kappa shape index (κ3) is 2.76. The van der Waals surface area contributed by atoms with Gasteiger partial charge in [-0.2, -0.15) is 0 Å². The molecule has 0 amide bonds. The summed E-state index contributed by atoms with van der Waals surface area (Å²) < 4.78 is 5.56. The topological polar surface area (TPSA) is 49.8 Å². The average molecular weight is 298 g/mol. The molecular weight excluding hydrogens is 278 g/mol. The first kappa shape index (κ1) is 15.1. The van der Waals surface area contributed by atoms with E-state index in [1.807, 2.05) is 0 Å². The number of piperidine rings is 1. The van der Waals surface area contributed by atoms with E-state index in [0.29, 0.717) is 12.1 Å². The fraction of sp³-hybridized carbons (Fsp3) is 0.533. The SMILES string of the molecule is CN1C2CCC1CC(OC(=O)c1ccccc1O)C2.Cl. The minimum absolute atomic E-state index is 0. The fourth-order valence-electron chi connectivity index (χ4n) is 3.32. The van der Waals surface area contributed by atoms with E-state index in [1.54, 1.807) is 18.2 Å². The fourth-order valence-corrected chi connectivity index (χ4v) is 3.32. The van der Waals surface area contributed by atoms with Crippen LogP contribution in [0, 0.1) is 0 Å². The lowest BCUT2D eigenvalue weighted by Gasteiger charge is -2.35. The first-order chi connectivity index (χ1) is 9.15. The Kier molecular flexibility index (Phi) is 4.55. The Morgan fingerprint density at radius 3 is 2.45 bits per heavy atom. The lowest BCUT2D eigenvalue weighted by Crippen LogP contribution is -2.43. The summed E-state index contributed by atoms with van der Waals surface area (Å²) in [4.78, 5) is 14.5. The number of rotatable bonds is 2. The predicted molar refractivity (Wildman–Crippen MR) is 78.4 cm³/mol. The van der Waals surface area contributed by atoms with Gasteiger partial charge in [-0.3, -0.25) is 0 Å². The molecule has 1 aromatic rings. The second-order valence-electron chi connectivity index (χ2n) is 5.57. The number of fused-ring (bicyclic) bond motifs is 2. The van der Waals surface area contributed by atoms with Crippen molar-refractivity contribution in [3.05, 3.63) is 29.8 Å². The molecule has 110 valence electrons. The minimum Gasteiger partial charge on any atom is -0.507 e. The lowest BCUT2D eigenvalue weighted by molar-refractivity contribution is -0.000664. The first-order valence-corrected chi connectivity index (χ1v) is 6.86. The molecule has 1 aromatic carbocycles. The number of phenolic OH excluding ortho intramolecular Hbond substituents is 1. The Balaban J connectivity index is 0.00000147. The van der Waals surface area contributed by atoms with Crippen LogP contribution in [-0.2, 0) is 4.74 Å². The van der Waals surface area contributed by atoms with Crippen molar-refractivity contribution in [1.29, 1.82) is 0 Å². The molecule has 0 spiro atoms. The van der Waals surface area contributed by atoms with Gasteiger partial charge < -0.3 is 14.7 Å². The maximum Gasteiger partial charge on any atom is 0.342 e. The highest BCUT2D eigenvalue weighted by atomic mass is 35.5. The van der Waals surface area contributed by atoms with Crippen LogP contribution in [0.3, 0.4) is 0 Å². The second kappa shape index (κ2) is 6.02. The molecule has 2 atom stereocenters. The number of para-hydroxylation sites is 1. The first-order valence-electron chi connectivity index (χ1n) is 6.86. The van der Waals surface area contributed by atoms with Gasteiger partial charge in [0.1, 0.15) is 17.4 Å². The largest absolute Gasteiger partial charge is 0.507 e. The highest BCUT2D eigenvalue weighted by Gasteiger charge is 2.40. The van der Waals surface area contributed by atoms with Gasteiger partial charge in [-0.1, -0.05) is 12.1 Å². The van der Waals surface area contributed by atoms with Crippen LogP contribution in [0.2, 0.25) is 0 Å². The average Bonchev–Trinajstić information content (AvgIpc) is 2.63. The van der Waals surface area contributed by atoms with Crippen LogP contribution in [0.1, 0.15) is 36.0 Å². The van der Waals surface area contributed by atoms with Crippen molar-refractivity contribution in [2.75, 3.05) is 7.05 Å². The maximum atomic E-state index is 12.1. The van der Waals surface area contributed by atoms with Crippen molar-refractivity contribution in [2.24, 2.45) is 0 Å². The standard InChI is InChI=1S/C15H19NO3.ClH/c1-16-10-6-7-11(16)9-12(8-10)19-15(18)13-4-2-3-5-14(13)17;/h2-5,10-12,17H,6-9H2,1H3;1H. The number of esters is 1. The number of carbonyl (C=O) groups excluding carboxylic acids is 1. The molecule has 2 aliphatic rings. The van der Waals surface area contributed by atoms with Crippen LogP contribution >= 0.6 is 12.4 Å². The van der Waals surface area contributed by atoms with Crippen molar-refractivity contribution < 1.29 is 14.6 Å². The number of hydrogen-bond donors (Lipinski definition) is 1. The quantitative estimate of drug-likeness (QED) is 0.853. The Labute approximate surface area is 125 Å². The number of nitrogens with zero attached hydrogens (tertiary/aromatic N) is 1. The molecule has 20 heavy (non-hydrogen) atoms. The van der Waals surface area contributed by atoms with E-state index in [2.05, 4.69) is 11.9 Å². The molecule has 2 heterocycles. The molecule has 0 aliphatic carbocycles. The number of halogens is 1. The summed E-state index contributed by atoms with van der Waals surface area (Å²) in [5, 5.41) is 9.66. The van der Waals surface area contributed by atoms with E-state index < -0.39 is 5.97 Å².